The van der Waals surface area contributed by atoms with Crippen LogP contribution in [0.5, 0.6) is 0 Å². The van der Waals surface area contributed by atoms with Crippen LogP contribution in [0.4, 0.5) is 4.79 Å². The van der Waals surface area contributed by atoms with Crippen LogP contribution in [0.1, 0.15) is 19.3 Å². The summed E-state index contributed by atoms with van der Waals surface area (Å²) in [6.07, 6.45) is 3.14. The Balaban J connectivity index is 1.80. The number of nitrogens with one attached hydrogen (secondary N) is 2. The van der Waals surface area contributed by atoms with Crippen molar-refractivity contribution in [3.05, 3.63) is 0 Å². The van der Waals surface area contributed by atoms with Crippen LogP contribution in [0.25, 0.3) is 0 Å². The number of carboxylic acids is 1. The van der Waals surface area contributed by atoms with Crippen molar-refractivity contribution in [3.8, 4) is 0 Å². The highest BCUT2D eigenvalue weighted by molar-refractivity contribution is 5.82. The molecule has 0 bridgehead atoms. The van der Waals surface area contributed by atoms with Gasteiger partial charge in [-0.3, -0.25) is 0 Å². The number of aliphatic carboxylic acids is 1. The van der Waals surface area contributed by atoms with Crippen LogP contribution in [0, 0.1) is 5.92 Å². The van der Waals surface area contributed by atoms with Gasteiger partial charge in [0.15, 0.2) is 6.04 Å². The molecule has 1 aliphatic heterocycles. The summed E-state index contributed by atoms with van der Waals surface area (Å²) in [6, 6.07) is -1.54. The zero-order valence-electron chi connectivity index (χ0n) is 10.9. The molecule has 0 aromatic heterocycles. The van der Waals surface area contributed by atoms with Crippen LogP contribution in [0.15, 0.2) is 0 Å². The molecular weight excluding hydrogens is 252 g/mol. The Morgan fingerprint density at radius 2 is 2.16 bits per heavy atom. The molecule has 0 aromatic rings. The number of hydrogen-bond donors (Lipinski definition) is 3. The van der Waals surface area contributed by atoms with E-state index in [0.29, 0.717) is 12.5 Å². The van der Waals surface area contributed by atoms with E-state index in [0.717, 1.165) is 19.3 Å². The minimum absolute atomic E-state index is 0.0236. The van der Waals surface area contributed by atoms with Crippen LogP contribution in [-0.4, -0.2) is 55.6 Å². The van der Waals surface area contributed by atoms with Gasteiger partial charge in [-0.25, -0.2) is 9.59 Å². The van der Waals surface area contributed by atoms with Crippen molar-refractivity contribution in [2.45, 2.75) is 37.5 Å². The Hall–Kier alpha value is -1.34. The first-order valence-corrected chi connectivity index (χ1v) is 6.52. The maximum absolute atomic E-state index is 11.8. The van der Waals surface area contributed by atoms with Gasteiger partial charge >= 0.3 is 12.0 Å². The highest BCUT2D eigenvalue weighted by Crippen LogP contribution is 2.38. The Bertz CT molecular complexity index is 345. The summed E-state index contributed by atoms with van der Waals surface area (Å²) in [5.74, 6) is -0.569. The molecule has 2 fully saturated rings. The molecule has 1 aliphatic carbocycles. The van der Waals surface area contributed by atoms with E-state index in [1.54, 1.807) is 0 Å². The molecule has 1 saturated heterocycles. The normalized spacial score (nSPS) is 27.8. The molecule has 0 aromatic carbocycles. The highest BCUT2D eigenvalue weighted by Gasteiger charge is 2.41. The molecule has 2 rings (SSSR count). The zero-order valence-corrected chi connectivity index (χ0v) is 10.9. The van der Waals surface area contributed by atoms with Crippen molar-refractivity contribution in [1.29, 1.82) is 0 Å². The van der Waals surface area contributed by atoms with Crippen molar-refractivity contribution in [3.63, 3.8) is 0 Å². The molecule has 2 aliphatic rings. The molecular formula is C12H20N2O5. The number of rotatable bonds is 6. The van der Waals surface area contributed by atoms with Gasteiger partial charge in [0.25, 0.3) is 0 Å². The van der Waals surface area contributed by atoms with Gasteiger partial charge < -0.3 is 25.2 Å². The molecule has 2 amide bonds. The third-order valence-electron chi connectivity index (χ3n) is 3.48. The predicted octanol–water partition coefficient (Wildman–Crippen LogP) is -0.0473. The molecule has 0 spiro atoms. The second-order valence-corrected chi connectivity index (χ2v) is 5.03. The van der Waals surface area contributed by atoms with E-state index < -0.39 is 18.0 Å². The molecule has 7 heteroatoms. The van der Waals surface area contributed by atoms with E-state index in [9.17, 15) is 9.59 Å². The summed E-state index contributed by atoms with van der Waals surface area (Å²) in [5.41, 5.74) is 0. The highest BCUT2D eigenvalue weighted by atomic mass is 16.5. The van der Waals surface area contributed by atoms with E-state index in [4.69, 9.17) is 14.6 Å². The number of urea groups is 1. The summed E-state index contributed by atoms with van der Waals surface area (Å²) < 4.78 is 10.4. The predicted molar refractivity (Wildman–Crippen MR) is 65.8 cm³/mol. The van der Waals surface area contributed by atoms with Crippen molar-refractivity contribution >= 4 is 12.0 Å². The zero-order chi connectivity index (χ0) is 13.8. The Kier molecular flexibility index (Phi) is 4.60. The number of hydrogen-bond acceptors (Lipinski definition) is 4. The third kappa shape index (κ3) is 3.81. The van der Waals surface area contributed by atoms with Crippen LogP contribution in [0.3, 0.4) is 0 Å². The first kappa shape index (κ1) is 14.1. The smallest absolute Gasteiger partial charge is 0.328 e. The number of carbonyl (C=O) groups is 2. The minimum atomic E-state index is -1.11. The van der Waals surface area contributed by atoms with Gasteiger partial charge in [0.2, 0.25) is 0 Å². The quantitative estimate of drug-likeness (QED) is 0.630. The molecule has 108 valence electrons. The number of methoxy groups -OCH3 is 1. The van der Waals surface area contributed by atoms with Gasteiger partial charge in [0.1, 0.15) is 0 Å². The van der Waals surface area contributed by atoms with Crippen LogP contribution in [0.2, 0.25) is 0 Å². The second-order valence-electron chi connectivity index (χ2n) is 5.03. The van der Waals surface area contributed by atoms with Gasteiger partial charge in [-0.15, -0.1) is 0 Å². The Morgan fingerprint density at radius 3 is 2.74 bits per heavy atom. The van der Waals surface area contributed by atoms with E-state index in [1.165, 1.54) is 7.11 Å². The number of carbonyl (C=O) groups excluding carboxylic acids is 1. The van der Waals surface area contributed by atoms with Gasteiger partial charge in [-0.05, 0) is 25.2 Å². The Morgan fingerprint density at radius 1 is 1.42 bits per heavy atom. The SMILES string of the molecule is COCC(NC(=O)NC1CCOC1C1CC1)C(=O)O. The lowest BCUT2D eigenvalue weighted by Gasteiger charge is -2.21. The van der Waals surface area contributed by atoms with Crippen LogP contribution >= 0.6 is 0 Å². The summed E-state index contributed by atoms with van der Waals surface area (Å²) in [7, 11) is 1.39. The average Bonchev–Trinajstić information content (AvgIpc) is 3.10. The fraction of sp³-hybridized carbons (Fsp3) is 0.833. The largest absolute Gasteiger partial charge is 0.480 e. The van der Waals surface area contributed by atoms with Crippen LogP contribution < -0.4 is 10.6 Å². The fourth-order valence-electron chi connectivity index (χ4n) is 2.36. The molecule has 1 saturated carbocycles. The van der Waals surface area contributed by atoms with Crippen molar-refractivity contribution < 1.29 is 24.2 Å². The minimum Gasteiger partial charge on any atom is -0.480 e. The summed E-state index contributed by atoms with van der Waals surface area (Å²) in [6.45, 7) is 0.586. The van der Waals surface area contributed by atoms with E-state index in [-0.39, 0.29) is 18.8 Å². The maximum Gasteiger partial charge on any atom is 0.328 e. The number of amides is 2. The standard InChI is InChI=1S/C12H20N2O5/c1-18-6-9(11(15)16)14-12(17)13-8-4-5-19-10(8)7-2-3-7/h7-10H,2-6H2,1H3,(H,15,16)(H2,13,14,17). The summed E-state index contributed by atoms with van der Waals surface area (Å²) in [5, 5.41) is 14.1. The topological polar surface area (TPSA) is 96.9 Å². The summed E-state index contributed by atoms with van der Waals surface area (Å²) >= 11 is 0. The van der Waals surface area contributed by atoms with Gasteiger partial charge in [0, 0.05) is 13.7 Å². The molecule has 0 radical (unpaired) electrons. The molecule has 7 nitrogen and oxygen atoms in total. The number of ether oxygens (including phenoxy) is 2. The second kappa shape index (κ2) is 6.21. The maximum atomic E-state index is 11.8. The lowest BCUT2D eigenvalue weighted by molar-refractivity contribution is -0.140. The number of carboxylic acid groups (broad SMARTS) is 1. The van der Waals surface area contributed by atoms with Crippen molar-refractivity contribution in [2.75, 3.05) is 20.3 Å². The van der Waals surface area contributed by atoms with Crippen molar-refractivity contribution in [2.24, 2.45) is 5.92 Å². The Labute approximate surface area is 111 Å². The van der Waals surface area contributed by atoms with Gasteiger partial charge in [0.05, 0.1) is 18.8 Å². The first-order chi connectivity index (χ1) is 9.11. The van der Waals surface area contributed by atoms with Crippen molar-refractivity contribution in [1.82, 2.24) is 10.6 Å². The fourth-order valence-corrected chi connectivity index (χ4v) is 2.36. The molecule has 3 atom stereocenters. The lowest BCUT2D eigenvalue weighted by Crippen LogP contribution is -2.52. The average molecular weight is 272 g/mol. The third-order valence-corrected chi connectivity index (χ3v) is 3.48. The van der Waals surface area contributed by atoms with Gasteiger partial charge in [-0.2, -0.15) is 0 Å². The van der Waals surface area contributed by atoms with E-state index in [1.807, 2.05) is 0 Å². The van der Waals surface area contributed by atoms with E-state index in [2.05, 4.69) is 10.6 Å². The first-order valence-electron chi connectivity index (χ1n) is 6.52. The molecule has 1 heterocycles. The lowest BCUT2D eigenvalue weighted by atomic mass is 10.1. The van der Waals surface area contributed by atoms with E-state index >= 15 is 0 Å². The van der Waals surface area contributed by atoms with Crippen LogP contribution in [-0.2, 0) is 14.3 Å². The molecule has 19 heavy (non-hydrogen) atoms. The summed E-state index contributed by atoms with van der Waals surface area (Å²) in [4.78, 5) is 22.7. The van der Waals surface area contributed by atoms with Gasteiger partial charge in [-0.1, -0.05) is 0 Å². The molecule has 3 N–H and O–H groups in total. The molecule has 3 unspecified atom stereocenters. The monoisotopic (exact) mass is 272 g/mol.